The van der Waals surface area contributed by atoms with Gasteiger partial charge >= 0.3 is 24.3 Å². The topological polar surface area (TPSA) is 138 Å². The van der Waals surface area contributed by atoms with Crippen molar-refractivity contribution in [2.45, 2.75) is 43.8 Å². The number of aromatic nitrogens is 1. The minimum absolute atomic E-state index is 0.0495. The van der Waals surface area contributed by atoms with Gasteiger partial charge in [-0.25, -0.2) is 9.59 Å². The van der Waals surface area contributed by atoms with Gasteiger partial charge in [-0.3, -0.25) is 14.7 Å². The Morgan fingerprint density at radius 1 is 0.974 bits per heavy atom. The third-order valence-electron chi connectivity index (χ3n) is 6.44. The lowest BCUT2D eigenvalue weighted by Crippen LogP contribution is -2.50. The fraction of sp³-hybridized carbons (Fsp3) is 0.652. The maximum absolute atomic E-state index is 12.3. The van der Waals surface area contributed by atoms with Crippen LogP contribution in [-0.4, -0.2) is 102 Å². The first-order chi connectivity index (χ1) is 18.2. The number of carboxylic acid groups (broad SMARTS) is 2. The van der Waals surface area contributed by atoms with E-state index in [0.29, 0.717) is 30.0 Å². The van der Waals surface area contributed by atoms with E-state index in [-0.39, 0.29) is 12.0 Å². The van der Waals surface area contributed by atoms with Gasteiger partial charge in [0.1, 0.15) is 0 Å². The van der Waals surface area contributed by atoms with Crippen molar-refractivity contribution < 1.29 is 60.4 Å². The van der Waals surface area contributed by atoms with Gasteiger partial charge in [0, 0.05) is 56.2 Å². The van der Waals surface area contributed by atoms with Crippen molar-refractivity contribution in [2.75, 3.05) is 39.5 Å². The van der Waals surface area contributed by atoms with Crippen LogP contribution in [0.3, 0.4) is 0 Å². The molecule has 1 amide bonds. The summed E-state index contributed by atoms with van der Waals surface area (Å²) in [6, 6.07) is 4.13. The normalized spacial score (nSPS) is 23.8. The van der Waals surface area contributed by atoms with Crippen LogP contribution < -0.4 is 5.32 Å². The van der Waals surface area contributed by atoms with E-state index >= 15 is 0 Å². The van der Waals surface area contributed by atoms with Crippen LogP contribution >= 0.6 is 0 Å². The zero-order valence-electron chi connectivity index (χ0n) is 20.6. The van der Waals surface area contributed by atoms with Gasteiger partial charge in [0.25, 0.3) is 5.91 Å². The molecular weight excluding hydrogens is 544 g/mol. The monoisotopic (exact) mass is 573 g/mol. The van der Waals surface area contributed by atoms with Crippen LogP contribution in [0.15, 0.2) is 24.5 Å². The number of alkyl halides is 6. The minimum atomic E-state index is -5.08. The van der Waals surface area contributed by atoms with Crippen LogP contribution in [0, 0.1) is 11.8 Å². The highest BCUT2D eigenvalue weighted by atomic mass is 19.4. The Kier molecular flexibility index (Phi) is 11.9. The number of nitrogens with zero attached hydrogens (tertiary/aromatic N) is 2. The highest BCUT2D eigenvalue weighted by Crippen LogP contribution is 2.35. The third kappa shape index (κ3) is 10.6. The molecule has 0 spiro atoms. The van der Waals surface area contributed by atoms with E-state index in [1.54, 1.807) is 24.5 Å². The number of pyridine rings is 1. The summed E-state index contributed by atoms with van der Waals surface area (Å²) in [5.41, 5.74) is 0.650. The summed E-state index contributed by atoms with van der Waals surface area (Å²) in [6.45, 7) is 5.46. The van der Waals surface area contributed by atoms with Crippen molar-refractivity contribution >= 4 is 17.8 Å². The molecule has 4 heterocycles. The molecule has 10 nitrogen and oxygen atoms in total. The zero-order valence-corrected chi connectivity index (χ0v) is 20.6. The number of halogens is 6. The van der Waals surface area contributed by atoms with E-state index < -0.39 is 24.3 Å². The summed E-state index contributed by atoms with van der Waals surface area (Å²) < 4.78 is 75.0. The summed E-state index contributed by atoms with van der Waals surface area (Å²) in [5.74, 6) is -4.40. The van der Waals surface area contributed by atoms with Gasteiger partial charge < -0.3 is 25.0 Å². The average Bonchev–Trinajstić information content (AvgIpc) is 3.30. The Morgan fingerprint density at radius 2 is 1.51 bits per heavy atom. The van der Waals surface area contributed by atoms with Crippen LogP contribution in [0.1, 0.15) is 29.6 Å². The minimum Gasteiger partial charge on any atom is -0.475 e. The molecule has 3 aliphatic heterocycles. The molecular formula is C23H29F6N3O7. The zero-order chi connectivity index (χ0) is 29.2. The Balaban J connectivity index is 0.000000317. The highest BCUT2D eigenvalue weighted by molar-refractivity contribution is 5.93. The smallest absolute Gasteiger partial charge is 0.475 e. The van der Waals surface area contributed by atoms with E-state index in [1.807, 2.05) is 0 Å². The summed E-state index contributed by atoms with van der Waals surface area (Å²) in [7, 11) is 0. The van der Waals surface area contributed by atoms with Crippen molar-refractivity contribution in [3.63, 3.8) is 0 Å². The molecule has 3 saturated heterocycles. The van der Waals surface area contributed by atoms with Gasteiger partial charge in [0.15, 0.2) is 0 Å². The van der Waals surface area contributed by atoms with E-state index in [1.165, 1.54) is 13.0 Å². The quantitative estimate of drug-likeness (QED) is 0.464. The molecule has 16 heteroatoms. The third-order valence-corrected chi connectivity index (χ3v) is 6.44. The second-order valence-corrected chi connectivity index (χ2v) is 8.97. The molecule has 0 aliphatic carbocycles. The molecule has 0 saturated carbocycles. The lowest BCUT2D eigenvalue weighted by Gasteiger charge is -2.41. The summed E-state index contributed by atoms with van der Waals surface area (Å²) in [6.07, 6.45) is -3.27. The predicted octanol–water partition coefficient (Wildman–Crippen LogP) is 2.59. The van der Waals surface area contributed by atoms with Crippen molar-refractivity contribution in [3.8, 4) is 0 Å². The maximum Gasteiger partial charge on any atom is 0.490 e. The summed E-state index contributed by atoms with van der Waals surface area (Å²) in [4.78, 5) is 36.6. The predicted molar refractivity (Wildman–Crippen MR) is 121 cm³/mol. The molecule has 3 N–H and O–H groups in total. The van der Waals surface area contributed by atoms with Crippen molar-refractivity contribution in [1.29, 1.82) is 0 Å². The van der Waals surface area contributed by atoms with Crippen molar-refractivity contribution in [3.05, 3.63) is 30.1 Å². The number of piperidine rings is 1. The molecule has 3 aliphatic rings. The number of carbonyl (C=O) groups excluding carboxylic acids is 1. The van der Waals surface area contributed by atoms with E-state index in [4.69, 9.17) is 29.3 Å². The summed E-state index contributed by atoms with van der Waals surface area (Å²) in [5, 5.41) is 17.3. The van der Waals surface area contributed by atoms with Gasteiger partial charge in [-0.1, -0.05) is 0 Å². The fourth-order valence-corrected chi connectivity index (χ4v) is 4.45. The SMILES string of the molecule is O=C(NC[C@H]1OC[C@@H]2CCN(C3CCOCC3)C[C@@H]21)c1ccncc1.O=C(O)C(F)(F)F.O=C(O)C(F)(F)F. The fourth-order valence-electron chi connectivity index (χ4n) is 4.45. The number of ether oxygens (including phenoxy) is 2. The second-order valence-electron chi connectivity index (χ2n) is 8.97. The largest absolute Gasteiger partial charge is 0.490 e. The van der Waals surface area contributed by atoms with Gasteiger partial charge in [-0.2, -0.15) is 26.3 Å². The summed E-state index contributed by atoms with van der Waals surface area (Å²) >= 11 is 0. The molecule has 3 fully saturated rings. The van der Waals surface area contributed by atoms with Gasteiger partial charge in [-0.05, 0) is 43.9 Å². The lowest BCUT2D eigenvalue weighted by molar-refractivity contribution is -0.193. The van der Waals surface area contributed by atoms with Gasteiger partial charge in [0.2, 0.25) is 0 Å². The molecule has 0 aromatic carbocycles. The van der Waals surface area contributed by atoms with Gasteiger partial charge in [-0.15, -0.1) is 0 Å². The Morgan fingerprint density at radius 3 is 2.03 bits per heavy atom. The molecule has 0 bridgehead atoms. The molecule has 4 rings (SSSR count). The number of fused-ring (bicyclic) bond motifs is 1. The van der Waals surface area contributed by atoms with Crippen LogP contribution in [-0.2, 0) is 19.1 Å². The number of likely N-dealkylation sites (tertiary alicyclic amines) is 1. The molecule has 3 atom stereocenters. The number of amides is 1. The number of rotatable bonds is 4. The van der Waals surface area contributed by atoms with Crippen molar-refractivity contribution in [1.82, 2.24) is 15.2 Å². The van der Waals surface area contributed by atoms with Crippen LogP contribution in [0.25, 0.3) is 0 Å². The van der Waals surface area contributed by atoms with Crippen molar-refractivity contribution in [2.24, 2.45) is 11.8 Å². The standard InChI is InChI=1S/C19H27N3O3.2C2HF3O2/c23-19(14-1-6-20-7-2-14)21-11-18-17-12-22(8-3-15(17)13-25-18)16-4-9-24-10-5-16;2*3-2(4,5)1(6)7/h1-2,6-7,15-18H,3-5,8-13H2,(H,21,23);2*(H,6,7)/t15-,17-,18+;;/m0../s1. The van der Waals surface area contributed by atoms with Gasteiger partial charge in [0.05, 0.1) is 12.7 Å². The second kappa shape index (κ2) is 14.4. The van der Waals surface area contributed by atoms with E-state index in [0.717, 1.165) is 39.2 Å². The number of nitrogens with one attached hydrogen (secondary N) is 1. The average molecular weight is 573 g/mol. The highest BCUT2D eigenvalue weighted by Gasteiger charge is 2.42. The molecule has 0 unspecified atom stereocenters. The van der Waals surface area contributed by atoms with Crippen LogP contribution in [0.5, 0.6) is 0 Å². The lowest BCUT2D eigenvalue weighted by atomic mass is 9.83. The Labute approximate surface area is 219 Å². The van der Waals surface area contributed by atoms with Crippen LogP contribution in [0.2, 0.25) is 0 Å². The molecule has 1 aromatic rings. The number of hydrogen-bond donors (Lipinski definition) is 3. The molecule has 0 radical (unpaired) electrons. The first-order valence-corrected chi connectivity index (χ1v) is 11.9. The molecule has 220 valence electrons. The van der Waals surface area contributed by atoms with Crippen LogP contribution in [0.4, 0.5) is 26.3 Å². The van der Waals surface area contributed by atoms with E-state index in [2.05, 4.69) is 15.2 Å². The Hall–Kier alpha value is -2.98. The number of carboxylic acids is 2. The molecule has 39 heavy (non-hydrogen) atoms. The number of aliphatic carboxylic acids is 2. The number of hydrogen-bond acceptors (Lipinski definition) is 7. The van der Waals surface area contributed by atoms with E-state index in [9.17, 15) is 31.1 Å². The molecule has 1 aromatic heterocycles. The maximum atomic E-state index is 12.3. The first-order valence-electron chi connectivity index (χ1n) is 11.9. The Bertz CT molecular complexity index is 918. The number of carbonyl (C=O) groups is 3. The first kappa shape index (κ1) is 32.2.